The molecule has 0 saturated carbocycles. The number of hydrogen-bond acceptors (Lipinski definition) is 3. The van der Waals surface area contributed by atoms with Gasteiger partial charge in [0.1, 0.15) is 12.4 Å². The number of urea groups is 1. The minimum atomic E-state index is -0.483. The van der Waals surface area contributed by atoms with Crippen LogP contribution in [0.4, 0.5) is 9.18 Å². The maximum Gasteiger partial charge on any atom is 0.350 e. The number of piperazine rings is 1. The fraction of sp³-hybridized carbons (Fsp3) is 0.412. The number of amides is 2. The molecule has 2 amide bonds. The summed E-state index contributed by atoms with van der Waals surface area (Å²) in [6.07, 6.45) is 0. The molecule has 1 aromatic rings. The molecule has 1 aliphatic heterocycles. The monoisotopic (exact) mass is 353 g/mol. The van der Waals surface area contributed by atoms with Crippen LogP contribution in [-0.2, 0) is 11.3 Å². The van der Waals surface area contributed by atoms with Gasteiger partial charge in [0.2, 0.25) is 0 Å². The molecule has 1 heterocycles. The number of carbonyl (C=O) groups is 1. The molecular formula is C17H21ClFN3O2. The average Bonchev–Trinajstić information content (AvgIpc) is 2.52. The Morgan fingerprint density at radius 2 is 2.25 bits per heavy atom. The lowest BCUT2D eigenvalue weighted by Gasteiger charge is -2.38. The van der Waals surface area contributed by atoms with E-state index < -0.39 is 11.8 Å². The molecule has 1 unspecified atom stereocenters. The lowest BCUT2D eigenvalue weighted by molar-refractivity contribution is 0.154. The Labute approximate surface area is 146 Å². The summed E-state index contributed by atoms with van der Waals surface area (Å²) in [5.41, 5.74) is 1.41. The zero-order valence-electron chi connectivity index (χ0n) is 14.1. The molecule has 1 aromatic carbocycles. The summed E-state index contributed by atoms with van der Waals surface area (Å²) in [5.74, 6) is -0.247. The molecule has 7 heteroatoms. The van der Waals surface area contributed by atoms with Crippen LogP contribution in [0, 0.1) is 5.82 Å². The van der Waals surface area contributed by atoms with E-state index in [0.717, 1.165) is 0 Å². The highest BCUT2D eigenvalue weighted by Crippen LogP contribution is 2.18. The maximum atomic E-state index is 13.1. The highest BCUT2D eigenvalue weighted by Gasteiger charge is 2.27. The molecule has 0 radical (unpaired) electrons. The van der Waals surface area contributed by atoms with Crippen molar-refractivity contribution in [2.45, 2.75) is 26.5 Å². The Morgan fingerprint density at radius 3 is 2.92 bits per heavy atom. The van der Waals surface area contributed by atoms with Crippen LogP contribution >= 0.6 is 11.6 Å². The van der Waals surface area contributed by atoms with Crippen LogP contribution in [0.1, 0.15) is 19.4 Å². The number of nitrogens with zero attached hydrogens (tertiary/aromatic N) is 3. The van der Waals surface area contributed by atoms with Gasteiger partial charge in [-0.1, -0.05) is 24.2 Å². The van der Waals surface area contributed by atoms with E-state index >= 15 is 0 Å². The van der Waals surface area contributed by atoms with E-state index in [1.165, 1.54) is 12.1 Å². The third-order valence-corrected chi connectivity index (χ3v) is 4.22. The molecule has 0 N–H and O–H groups in total. The smallest absolute Gasteiger partial charge is 0.350 e. The van der Waals surface area contributed by atoms with E-state index in [1.54, 1.807) is 17.9 Å². The summed E-state index contributed by atoms with van der Waals surface area (Å²) in [4.78, 5) is 19.9. The summed E-state index contributed by atoms with van der Waals surface area (Å²) < 4.78 is 18.6. The van der Waals surface area contributed by atoms with Crippen LogP contribution in [0.5, 0.6) is 0 Å². The molecule has 1 fully saturated rings. The van der Waals surface area contributed by atoms with E-state index in [2.05, 4.69) is 16.5 Å². The second kappa shape index (κ2) is 7.77. The lowest BCUT2D eigenvalue weighted by Crippen LogP contribution is -2.49. The van der Waals surface area contributed by atoms with Crippen molar-refractivity contribution in [3.8, 4) is 0 Å². The first kappa shape index (κ1) is 18.4. The largest absolute Gasteiger partial charge is 0.476 e. The van der Waals surface area contributed by atoms with Crippen molar-refractivity contribution < 1.29 is 13.9 Å². The van der Waals surface area contributed by atoms with Crippen molar-refractivity contribution in [3.05, 3.63) is 46.9 Å². The van der Waals surface area contributed by atoms with Gasteiger partial charge in [0.15, 0.2) is 5.90 Å². The zero-order valence-corrected chi connectivity index (χ0v) is 14.8. The van der Waals surface area contributed by atoms with Gasteiger partial charge in [-0.05, 0) is 31.7 Å². The molecule has 0 aliphatic carbocycles. The Kier molecular flexibility index (Phi) is 5.96. The van der Waals surface area contributed by atoms with E-state index in [0.29, 0.717) is 24.4 Å². The standard InChI is InChI=1S/C17H21ClFN3O2/c1-11-9-22(12(2)8-21(11)4)17(23)20-13(3)24-10-14-5-6-16(19)15(18)7-14/h5-7,11H,2,8-10H2,1,3-4H3. The van der Waals surface area contributed by atoms with Gasteiger partial charge in [0.05, 0.1) is 5.02 Å². The zero-order chi connectivity index (χ0) is 17.9. The quantitative estimate of drug-likeness (QED) is 0.601. The second-order valence-corrected chi connectivity index (χ2v) is 6.30. The van der Waals surface area contributed by atoms with Gasteiger partial charge in [0, 0.05) is 31.8 Å². The van der Waals surface area contributed by atoms with Crippen molar-refractivity contribution in [2.75, 3.05) is 20.1 Å². The van der Waals surface area contributed by atoms with Crippen molar-refractivity contribution in [1.82, 2.24) is 9.80 Å². The molecule has 2 rings (SSSR count). The van der Waals surface area contributed by atoms with Gasteiger partial charge in [-0.25, -0.2) is 9.18 Å². The van der Waals surface area contributed by atoms with Crippen molar-refractivity contribution in [2.24, 2.45) is 4.99 Å². The van der Waals surface area contributed by atoms with Crippen LogP contribution in [-0.4, -0.2) is 47.9 Å². The Hall–Kier alpha value is -1.92. The lowest BCUT2D eigenvalue weighted by atomic mass is 10.2. The highest BCUT2D eigenvalue weighted by atomic mass is 35.5. The fourth-order valence-electron chi connectivity index (χ4n) is 2.32. The summed E-state index contributed by atoms with van der Waals surface area (Å²) in [6.45, 7) is 8.88. The molecule has 0 spiro atoms. The predicted octanol–water partition coefficient (Wildman–Crippen LogP) is 3.68. The Balaban J connectivity index is 1.95. The maximum absolute atomic E-state index is 13.1. The van der Waals surface area contributed by atoms with E-state index in [9.17, 15) is 9.18 Å². The second-order valence-electron chi connectivity index (χ2n) is 5.89. The van der Waals surface area contributed by atoms with Crippen LogP contribution < -0.4 is 0 Å². The average molecular weight is 354 g/mol. The number of rotatable bonds is 2. The third kappa shape index (κ3) is 4.55. The number of ether oxygens (including phenoxy) is 1. The molecule has 0 aromatic heterocycles. The number of likely N-dealkylation sites (N-methyl/N-ethyl adjacent to an activating group) is 1. The third-order valence-electron chi connectivity index (χ3n) is 3.93. The van der Waals surface area contributed by atoms with E-state index in [4.69, 9.17) is 16.3 Å². The molecule has 130 valence electrons. The van der Waals surface area contributed by atoms with Crippen LogP contribution in [0.3, 0.4) is 0 Å². The Bertz CT molecular complexity index is 678. The van der Waals surface area contributed by atoms with Gasteiger partial charge in [0.25, 0.3) is 0 Å². The Morgan fingerprint density at radius 1 is 1.54 bits per heavy atom. The molecule has 24 heavy (non-hydrogen) atoms. The van der Waals surface area contributed by atoms with Gasteiger partial charge in [-0.15, -0.1) is 0 Å². The molecule has 1 saturated heterocycles. The SMILES string of the molecule is C=C1CN(C)C(C)CN1C(=O)N=C(C)OCc1ccc(F)c(Cl)c1. The predicted molar refractivity (Wildman–Crippen MR) is 92.6 cm³/mol. The van der Waals surface area contributed by atoms with Gasteiger partial charge in [-0.2, -0.15) is 4.99 Å². The number of hydrogen-bond donors (Lipinski definition) is 0. The summed E-state index contributed by atoms with van der Waals surface area (Å²) in [6, 6.07) is 4.16. The molecule has 0 bridgehead atoms. The topological polar surface area (TPSA) is 45.1 Å². The number of halogens is 2. The van der Waals surface area contributed by atoms with E-state index in [1.807, 2.05) is 14.0 Å². The number of carbonyl (C=O) groups excluding carboxylic acids is 1. The molecule has 5 nitrogen and oxygen atoms in total. The first-order valence-corrected chi connectivity index (χ1v) is 7.97. The number of benzene rings is 1. The van der Waals surface area contributed by atoms with Gasteiger partial charge >= 0.3 is 6.03 Å². The normalized spacial score (nSPS) is 19.5. The van der Waals surface area contributed by atoms with Gasteiger partial charge < -0.3 is 4.74 Å². The fourth-order valence-corrected chi connectivity index (χ4v) is 2.52. The molecule has 1 aliphatic rings. The molecule has 1 atom stereocenters. The minimum Gasteiger partial charge on any atom is -0.476 e. The van der Waals surface area contributed by atoms with Crippen LogP contribution in [0.15, 0.2) is 35.5 Å². The minimum absolute atomic E-state index is 0.0319. The van der Waals surface area contributed by atoms with Gasteiger partial charge in [-0.3, -0.25) is 9.80 Å². The molecular weight excluding hydrogens is 333 g/mol. The van der Waals surface area contributed by atoms with Crippen LogP contribution in [0.2, 0.25) is 5.02 Å². The van der Waals surface area contributed by atoms with Crippen molar-refractivity contribution in [3.63, 3.8) is 0 Å². The summed E-state index contributed by atoms with van der Waals surface area (Å²) in [7, 11) is 1.99. The van der Waals surface area contributed by atoms with Crippen molar-refractivity contribution >= 4 is 23.5 Å². The first-order chi connectivity index (χ1) is 11.3. The number of aliphatic imine (C=N–C) groups is 1. The highest BCUT2D eigenvalue weighted by molar-refractivity contribution is 6.30. The summed E-state index contributed by atoms with van der Waals surface area (Å²) in [5, 5.41) is 0.0319. The van der Waals surface area contributed by atoms with E-state index in [-0.39, 0.29) is 23.6 Å². The summed E-state index contributed by atoms with van der Waals surface area (Å²) >= 11 is 5.72. The van der Waals surface area contributed by atoms with Crippen molar-refractivity contribution in [1.29, 1.82) is 0 Å². The first-order valence-electron chi connectivity index (χ1n) is 7.59. The van der Waals surface area contributed by atoms with Crippen LogP contribution in [0.25, 0.3) is 0 Å².